The third-order valence-corrected chi connectivity index (χ3v) is 12.6. The summed E-state index contributed by atoms with van der Waals surface area (Å²) in [5.74, 6) is -0.772. The van der Waals surface area contributed by atoms with Crippen LogP contribution in [0.3, 0.4) is 0 Å². The van der Waals surface area contributed by atoms with Gasteiger partial charge < -0.3 is 24.8 Å². The van der Waals surface area contributed by atoms with Gasteiger partial charge in [0.25, 0.3) is 17.7 Å². The second-order valence-corrected chi connectivity index (χ2v) is 16.2. The number of ether oxygens (including phenoxy) is 1. The molecule has 0 spiro atoms. The summed E-state index contributed by atoms with van der Waals surface area (Å²) in [6, 6.07) is 23.1. The van der Waals surface area contributed by atoms with Gasteiger partial charge >= 0.3 is 0 Å². The highest BCUT2D eigenvalue weighted by Crippen LogP contribution is 2.32. The lowest BCUT2D eigenvalue weighted by Gasteiger charge is -2.43. The molecule has 3 fully saturated rings. The Kier molecular flexibility index (Phi) is 10.7. The maximum atomic E-state index is 13.4. The van der Waals surface area contributed by atoms with Crippen LogP contribution in [-0.4, -0.2) is 118 Å². The Morgan fingerprint density at radius 2 is 1.64 bits per heavy atom. The number of nitrogens with one attached hydrogen (secondary N) is 3. The summed E-state index contributed by atoms with van der Waals surface area (Å²) in [6.45, 7) is 7.76. The Balaban J connectivity index is 0.722. The molecule has 9 rings (SSSR count). The third kappa shape index (κ3) is 7.85. The van der Waals surface area contributed by atoms with Gasteiger partial charge in [0.2, 0.25) is 11.8 Å². The van der Waals surface area contributed by atoms with E-state index in [1.807, 2.05) is 66.7 Å². The number of fused-ring (bicyclic) bond motifs is 2. The van der Waals surface area contributed by atoms with E-state index in [1.54, 1.807) is 9.80 Å². The maximum Gasteiger partial charge on any atom is 0.256 e. The quantitative estimate of drug-likeness (QED) is 0.203. The number of aromatic amines is 1. The van der Waals surface area contributed by atoms with Crippen LogP contribution in [0.5, 0.6) is 0 Å². The lowest BCUT2D eigenvalue weighted by atomic mass is 10.0. The number of benzene rings is 3. The van der Waals surface area contributed by atoms with E-state index in [0.717, 1.165) is 92.3 Å². The number of hydrogen-bond donors (Lipinski definition) is 3. The topological polar surface area (TPSA) is 164 Å². The van der Waals surface area contributed by atoms with Crippen LogP contribution >= 0.6 is 0 Å². The van der Waals surface area contributed by atoms with Crippen molar-refractivity contribution in [2.45, 2.75) is 70.0 Å². The molecule has 3 N–H and O–H groups in total. The van der Waals surface area contributed by atoms with Gasteiger partial charge in [-0.15, -0.1) is 0 Å². The summed E-state index contributed by atoms with van der Waals surface area (Å²) >= 11 is 0. The predicted molar refractivity (Wildman–Crippen MR) is 218 cm³/mol. The average Bonchev–Trinajstić information content (AvgIpc) is 3.95. The number of carbonyl (C=O) groups excluding carboxylic acids is 5. The molecule has 0 aliphatic carbocycles. The van der Waals surface area contributed by atoms with Crippen molar-refractivity contribution in [1.29, 1.82) is 0 Å². The highest BCUT2D eigenvalue weighted by atomic mass is 16.5. The molecule has 0 radical (unpaired) electrons. The molecule has 1 aromatic heterocycles. The Labute approximate surface area is 342 Å². The van der Waals surface area contributed by atoms with Crippen molar-refractivity contribution in [1.82, 2.24) is 35.1 Å². The number of piperazine rings is 1. The molecule has 3 saturated heterocycles. The van der Waals surface area contributed by atoms with E-state index in [-0.39, 0.29) is 36.0 Å². The van der Waals surface area contributed by atoms with Crippen LogP contribution in [0.15, 0.2) is 72.8 Å². The summed E-state index contributed by atoms with van der Waals surface area (Å²) in [6.07, 6.45) is 2.05. The molecule has 5 aliphatic heterocycles. The van der Waals surface area contributed by atoms with E-state index in [2.05, 4.69) is 41.6 Å². The monoisotopic (exact) mass is 799 g/mol. The van der Waals surface area contributed by atoms with E-state index in [1.165, 1.54) is 7.11 Å². The molecule has 5 aliphatic rings. The van der Waals surface area contributed by atoms with Gasteiger partial charge in [-0.25, -0.2) is 0 Å². The molecule has 3 aromatic carbocycles. The van der Waals surface area contributed by atoms with Crippen LogP contribution in [0.25, 0.3) is 0 Å². The number of amides is 5. The molecular weight excluding hydrogens is 751 g/mol. The number of methoxy groups -OCH3 is 1. The smallest absolute Gasteiger partial charge is 0.256 e. The first kappa shape index (κ1) is 38.6. The van der Waals surface area contributed by atoms with Gasteiger partial charge in [0.1, 0.15) is 6.04 Å². The molecule has 1 unspecified atom stereocenters. The summed E-state index contributed by atoms with van der Waals surface area (Å²) in [7, 11) is 1.53. The van der Waals surface area contributed by atoms with E-state index in [9.17, 15) is 24.0 Å². The van der Waals surface area contributed by atoms with E-state index in [4.69, 9.17) is 4.74 Å². The zero-order valence-electron chi connectivity index (χ0n) is 33.2. The number of piperidine rings is 2. The van der Waals surface area contributed by atoms with Crippen LogP contribution in [-0.2, 0) is 45.3 Å². The number of nitrogens with zero attached hydrogens (tertiary/aromatic N) is 6. The average molecular weight is 800 g/mol. The fraction of sp³-hybridized carbons (Fsp3) is 0.409. The zero-order valence-corrected chi connectivity index (χ0v) is 33.2. The molecule has 59 heavy (non-hydrogen) atoms. The normalized spacial score (nSPS) is 20.7. The Hall–Kier alpha value is -5.90. The molecule has 5 amide bonds. The largest absolute Gasteiger partial charge is 0.371 e. The van der Waals surface area contributed by atoms with Gasteiger partial charge in [-0.3, -0.25) is 44.2 Å². The van der Waals surface area contributed by atoms with Crippen molar-refractivity contribution in [2.24, 2.45) is 0 Å². The highest BCUT2D eigenvalue weighted by Gasteiger charge is 2.39. The first-order chi connectivity index (χ1) is 28.7. The minimum atomic E-state index is -0.708. The van der Waals surface area contributed by atoms with E-state index >= 15 is 0 Å². The lowest BCUT2D eigenvalue weighted by Crippen LogP contribution is -2.53. The lowest BCUT2D eigenvalue weighted by molar-refractivity contribution is -0.143. The van der Waals surface area contributed by atoms with Crippen LogP contribution in [0.1, 0.15) is 80.5 Å². The zero-order chi connectivity index (χ0) is 40.6. The predicted octanol–water partition coefficient (Wildman–Crippen LogP) is 3.44. The molecule has 15 heteroatoms. The van der Waals surface area contributed by atoms with Crippen molar-refractivity contribution in [3.8, 4) is 0 Å². The van der Waals surface area contributed by atoms with Crippen molar-refractivity contribution < 1.29 is 28.7 Å². The Morgan fingerprint density at radius 3 is 2.37 bits per heavy atom. The van der Waals surface area contributed by atoms with Gasteiger partial charge in [0.05, 0.1) is 18.8 Å². The minimum Gasteiger partial charge on any atom is -0.371 e. The maximum absolute atomic E-state index is 13.4. The number of H-pyrrole nitrogens is 1. The Morgan fingerprint density at radius 1 is 0.881 bits per heavy atom. The minimum absolute atomic E-state index is 0.139. The number of imide groups is 1. The Bertz CT molecular complexity index is 2250. The molecule has 0 saturated carbocycles. The highest BCUT2D eigenvalue weighted by molar-refractivity contribution is 6.06. The standard InChI is InChI=1S/C44H49N9O6/c1-59-39(29-5-3-2-4-6-29)44(58)52-26-35-36(27-52)47-48-40(35)46-41(55)30-8-10-32(11-9-30)50-17-15-33(16-18-50)51-21-19-49(20-22-51)24-28-7-12-34-31(23-28)25-53(43(34)57)37-13-14-38(54)45-42(37)56/h2-12,23,33,37,39H,13-22,24-27H2,1H3,(H,45,54,56)(H2,46,47,48,55)/t37?,39-/m1/s1. The third-order valence-electron chi connectivity index (χ3n) is 12.6. The van der Waals surface area contributed by atoms with E-state index < -0.39 is 12.1 Å². The summed E-state index contributed by atoms with van der Waals surface area (Å²) in [4.78, 5) is 74.6. The van der Waals surface area contributed by atoms with Crippen LogP contribution in [0.2, 0.25) is 0 Å². The number of anilines is 2. The molecule has 4 aromatic rings. The van der Waals surface area contributed by atoms with Gasteiger partial charge in [-0.05, 0) is 66.3 Å². The number of hydrogen-bond acceptors (Lipinski definition) is 10. The summed E-state index contributed by atoms with van der Waals surface area (Å²) < 4.78 is 5.56. The van der Waals surface area contributed by atoms with Crippen molar-refractivity contribution >= 4 is 41.0 Å². The van der Waals surface area contributed by atoms with Crippen LogP contribution in [0, 0.1) is 0 Å². The second kappa shape index (κ2) is 16.4. The molecule has 2 atom stereocenters. The first-order valence-electron chi connectivity index (χ1n) is 20.5. The summed E-state index contributed by atoms with van der Waals surface area (Å²) in [5.41, 5.74) is 6.78. The van der Waals surface area contributed by atoms with Gasteiger partial charge in [0, 0.05) is 94.3 Å². The SMILES string of the molecule is CO[C@@H](C(=O)N1Cc2[nH]nc(NC(=O)c3ccc(N4CCC(N5CCN(Cc6ccc7c(c6)CN(C6CCC(=O)NC6=O)C7=O)CC5)CC4)cc3)c2C1)c1ccccc1. The molecule has 306 valence electrons. The van der Waals surface area contributed by atoms with Gasteiger partial charge in [0.15, 0.2) is 11.9 Å². The van der Waals surface area contributed by atoms with Crippen LogP contribution < -0.4 is 15.5 Å². The van der Waals surface area contributed by atoms with Crippen molar-refractivity contribution in [2.75, 3.05) is 56.6 Å². The van der Waals surface area contributed by atoms with Gasteiger partial charge in [-0.1, -0.05) is 42.5 Å². The van der Waals surface area contributed by atoms with Crippen molar-refractivity contribution in [3.05, 3.63) is 112 Å². The fourth-order valence-electron chi connectivity index (χ4n) is 9.34. The second-order valence-electron chi connectivity index (χ2n) is 16.2. The fourth-order valence-corrected chi connectivity index (χ4v) is 9.34. The van der Waals surface area contributed by atoms with Crippen molar-refractivity contribution in [3.63, 3.8) is 0 Å². The van der Waals surface area contributed by atoms with E-state index in [0.29, 0.717) is 49.0 Å². The number of aromatic nitrogens is 2. The van der Waals surface area contributed by atoms with Gasteiger partial charge in [-0.2, -0.15) is 5.10 Å². The molecule has 0 bridgehead atoms. The first-order valence-corrected chi connectivity index (χ1v) is 20.5. The molecular formula is C44H49N9O6. The summed E-state index contributed by atoms with van der Waals surface area (Å²) in [5, 5.41) is 12.7. The molecule has 6 heterocycles. The number of carbonyl (C=O) groups is 5. The molecule has 15 nitrogen and oxygen atoms in total. The number of rotatable bonds is 10. The van der Waals surface area contributed by atoms with Crippen LogP contribution in [0.4, 0.5) is 11.5 Å².